The van der Waals surface area contributed by atoms with Gasteiger partial charge in [-0.05, 0) is 10.5 Å². The van der Waals surface area contributed by atoms with Gasteiger partial charge in [0.25, 0.3) is 0 Å². The van der Waals surface area contributed by atoms with Gasteiger partial charge in [-0.3, -0.25) is 11.3 Å². The van der Waals surface area contributed by atoms with E-state index in [2.05, 4.69) is 10.5 Å². The molecule has 0 unspecified atom stereocenters. The van der Waals surface area contributed by atoms with Gasteiger partial charge in [0.1, 0.15) is 0 Å². The SMILES string of the molecule is CCc1n[c-]sc1N.[Rf]. The van der Waals surface area contributed by atoms with Crippen LogP contribution in [0.4, 0.5) is 5.00 Å². The molecule has 0 saturated carbocycles. The summed E-state index contributed by atoms with van der Waals surface area (Å²) in [6.07, 6.45) is 0.909. The molecule has 0 aromatic carbocycles. The van der Waals surface area contributed by atoms with Crippen molar-refractivity contribution in [1.82, 2.24) is 4.98 Å². The largest absolute Gasteiger partial charge is 0.449 e. The van der Waals surface area contributed by atoms with Gasteiger partial charge in [-0.2, -0.15) is 0 Å². The summed E-state index contributed by atoms with van der Waals surface area (Å²) in [6, 6.07) is 0. The third-order valence-corrected chi connectivity index (χ3v) is 1.59. The fourth-order valence-electron chi connectivity index (χ4n) is 0.494. The van der Waals surface area contributed by atoms with Gasteiger partial charge in [0.05, 0.1) is 0 Å². The average molecular weight is 394 g/mol. The third kappa shape index (κ3) is 1.16. The Morgan fingerprint density at radius 3 is 2.67 bits per heavy atom. The molecule has 1 rings (SSSR count). The van der Waals surface area contributed by atoms with Gasteiger partial charge in [0, 0.05) is 0 Å². The van der Waals surface area contributed by atoms with Crippen molar-refractivity contribution in [2.45, 2.75) is 13.3 Å². The Bertz CT molecular complexity index is 175. The van der Waals surface area contributed by atoms with Gasteiger partial charge in [-0.1, -0.05) is 19.0 Å². The normalized spacial score (nSPS) is 8.56. The second-order valence-electron chi connectivity index (χ2n) is 1.47. The summed E-state index contributed by atoms with van der Waals surface area (Å²) in [5, 5.41) is 0.799. The van der Waals surface area contributed by atoms with Crippen molar-refractivity contribution in [1.29, 1.82) is 0 Å². The number of nitrogen functional groups attached to an aromatic ring is 1. The molecule has 46 valence electrons. The molecule has 0 atom stereocenters. The van der Waals surface area contributed by atoms with Crippen LogP contribution in [0, 0.1) is 5.51 Å². The Labute approximate surface area is 52.4 Å². The Morgan fingerprint density at radius 2 is 2.44 bits per heavy atom. The Morgan fingerprint density at radius 1 is 1.78 bits per heavy atom. The Balaban J connectivity index is 0.000000640. The van der Waals surface area contributed by atoms with Crippen LogP contribution in [-0.2, 0) is 6.42 Å². The van der Waals surface area contributed by atoms with E-state index in [1.807, 2.05) is 6.92 Å². The van der Waals surface area contributed by atoms with Crippen molar-refractivity contribution in [3.05, 3.63) is 11.2 Å². The molecular formula is C5H7N2RfS-. The number of thiazole rings is 1. The Kier molecular flexibility index (Phi) is 2.20. The summed E-state index contributed by atoms with van der Waals surface area (Å²) in [4.78, 5) is 3.90. The molecule has 4 heteroatoms. The molecule has 0 spiro atoms. The molecule has 2 nitrogen and oxygen atoms in total. The quantitative estimate of drug-likeness (QED) is 0.725. The molecule has 0 aliphatic heterocycles. The van der Waals surface area contributed by atoms with Crippen LogP contribution in [0.25, 0.3) is 0 Å². The molecule has 2 N–H and O–H groups in total. The number of nitrogens with zero attached hydrogens (tertiary/aromatic N) is 1. The van der Waals surface area contributed by atoms with Gasteiger partial charge >= 0.3 is 0 Å². The molecule has 1 aromatic heterocycles. The molecule has 0 saturated heterocycles. The maximum absolute atomic E-state index is 5.48. The topological polar surface area (TPSA) is 38.9 Å². The van der Waals surface area contributed by atoms with Crippen LogP contribution in [-0.4, -0.2) is 4.98 Å². The molecule has 0 amide bonds. The zero-order chi connectivity index (χ0) is 5.98. The molecule has 0 radical (unpaired) electrons. The van der Waals surface area contributed by atoms with Crippen LogP contribution in [0.5, 0.6) is 0 Å². The standard InChI is InChI=1S/C5H7N2S.Rf/c1-2-4-5(6)8-3-7-4;/h2,6H2,1H3;/q-1;. The predicted molar refractivity (Wildman–Crippen MR) is 34.7 cm³/mol. The van der Waals surface area contributed by atoms with Crippen molar-refractivity contribution >= 4 is 16.3 Å². The molecule has 0 aliphatic rings. The minimum absolute atomic E-state index is 0. The van der Waals surface area contributed by atoms with Crippen molar-refractivity contribution in [3.8, 4) is 0 Å². The van der Waals surface area contributed by atoms with E-state index in [0.29, 0.717) is 0 Å². The fourth-order valence-corrected chi connectivity index (χ4v) is 1.06. The molecule has 9 heavy (non-hydrogen) atoms. The van der Waals surface area contributed by atoms with E-state index in [0.717, 1.165) is 17.1 Å². The first-order valence-electron chi connectivity index (χ1n) is 2.45. The van der Waals surface area contributed by atoms with E-state index in [1.165, 1.54) is 11.3 Å². The number of aryl methyl sites for hydroxylation is 1. The summed E-state index contributed by atoms with van der Waals surface area (Å²) >= 11 is 1.37. The van der Waals surface area contributed by atoms with Crippen LogP contribution in [0.2, 0.25) is 0 Å². The first-order chi connectivity index (χ1) is 3.84. The summed E-state index contributed by atoms with van der Waals surface area (Å²) in [5.74, 6) is 0. The van der Waals surface area contributed by atoms with Crippen molar-refractivity contribution in [3.63, 3.8) is 0 Å². The number of anilines is 1. The minimum Gasteiger partial charge on any atom is -0.449 e. The number of nitrogens with two attached hydrogens (primary N) is 1. The molecule has 1 aromatic rings. The van der Waals surface area contributed by atoms with Gasteiger partial charge in [-0.25, -0.2) is 0 Å². The van der Waals surface area contributed by atoms with Crippen LogP contribution in [0.1, 0.15) is 12.6 Å². The van der Waals surface area contributed by atoms with Gasteiger partial charge < -0.3 is 10.7 Å². The first-order valence-corrected chi connectivity index (χ1v) is 3.27. The van der Waals surface area contributed by atoms with Gasteiger partial charge in [-0.15, -0.1) is 0 Å². The second-order valence-corrected chi connectivity index (χ2v) is 2.30. The van der Waals surface area contributed by atoms with Crippen molar-refractivity contribution in [2.75, 3.05) is 5.73 Å². The smallest absolute Gasteiger partial charge is 0 e. The maximum Gasteiger partial charge on any atom is 0 e. The van der Waals surface area contributed by atoms with E-state index in [4.69, 9.17) is 5.73 Å². The zero-order valence-electron chi connectivity index (χ0n) is 5.35. The zero-order valence-corrected chi connectivity index (χ0v) is 12.6. The summed E-state index contributed by atoms with van der Waals surface area (Å²) in [7, 11) is 0. The third-order valence-electron chi connectivity index (χ3n) is 0.956. The Hall–Kier alpha value is -1.57. The minimum atomic E-state index is 0. The number of aromatic nitrogens is 1. The maximum atomic E-state index is 5.48. The molecular weight excluding hydrogens is 387 g/mol. The van der Waals surface area contributed by atoms with Crippen molar-refractivity contribution in [2.24, 2.45) is 0 Å². The van der Waals surface area contributed by atoms with Crippen LogP contribution < -0.4 is 5.73 Å². The summed E-state index contributed by atoms with van der Waals surface area (Å²) in [6.45, 7) is 2.03. The fraction of sp³-hybridized carbons (Fsp3) is 0.400. The van der Waals surface area contributed by atoms with Crippen LogP contribution in [0.3, 0.4) is 0 Å². The first kappa shape index (κ1) is 7.43. The number of rotatable bonds is 1. The van der Waals surface area contributed by atoms with E-state index >= 15 is 0 Å². The van der Waals surface area contributed by atoms with Crippen LogP contribution >= 0.6 is 11.3 Å². The van der Waals surface area contributed by atoms with Crippen molar-refractivity contribution < 1.29 is 0 Å². The average Bonchev–Trinajstić information content (AvgIpc) is 2.14. The van der Waals surface area contributed by atoms with Gasteiger partial charge in [0.15, 0.2) is 0 Å². The monoisotopic (exact) mass is 394 g/mol. The molecule has 1 heterocycles. The summed E-state index contributed by atoms with van der Waals surface area (Å²) < 4.78 is 0. The van der Waals surface area contributed by atoms with Crippen LogP contribution in [0.15, 0.2) is 0 Å². The van der Waals surface area contributed by atoms with Gasteiger partial charge in [0.2, 0.25) is 0 Å². The second kappa shape index (κ2) is 2.67. The van der Waals surface area contributed by atoms with E-state index in [-0.39, 0.29) is 0 Å². The predicted octanol–water partition coefficient (Wildman–Crippen LogP) is 1.09. The number of hydrogen-bond acceptors (Lipinski definition) is 3. The molecule has 0 fully saturated rings. The molecule has 0 bridgehead atoms. The summed E-state index contributed by atoms with van der Waals surface area (Å²) in [5.41, 5.74) is 9.16. The molecule has 0 aliphatic carbocycles. The van der Waals surface area contributed by atoms with E-state index < -0.39 is 0 Å². The van der Waals surface area contributed by atoms with E-state index in [9.17, 15) is 0 Å². The van der Waals surface area contributed by atoms with E-state index in [1.54, 1.807) is 0 Å². The number of hydrogen-bond donors (Lipinski definition) is 1.